The molecule has 1 saturated heterocycles. The normalized spacial score (nSPS) is 38.8. The third kappa shape index (κ3) is 3.07. The van der Waals surface area contributed by atoms with Crippen molar-refractivity contribution in [3.05, 3.63) is 0 Å². The third-order valence-electron chi connectivity index (χ3n) is 3.19. The van der Waals surface area contributed by atoms with Crippen LogP contribution < -0.4 is 0 Å². The topological polar surface area (TPSA) is 18.5 Å². The van der Waals surface area contributed by atoms with Crippen molar-refractivity contribution in [3.63, 3.8) is 0 Å². The van der Waals surface area contributed by atoms with E-state index < -0.39 is 0 Å². The molecular formula is C11H19IO2. The van der Waals surface area contributed by atoms with Crippen LogP contribution in [0.4, 0.5) is 0 Å². The minimum absolute atomic E-state index is 0.113. The van der Waals surface area contributed by atoms with E-state index in [1.165, 1.54) is 36.5 Å². The number of rotatable bonds is 3. The van der Waals surface area contributed by atoms with E-state index in [4.69, 9.17) is 9.47 Å². The van der Waals surface area contributed by atoms with E-state index in [9.17, 15) is 0 Å². The maximum absolute atomic E-state index is 5.96. The summed E-state index contributed by atoms with van der Waals surface area (Å²) >= 11 is 2.48. The molecule has 1 saturated carbocycles. The molecule has 3 unspecified atom stereocenters. The average molecular weight is 310 g/mol. The molecule has 0 aromatic carbocycles. The Kier molecular flexibility index (Phi) is 4.50. The summed E-state index contributed by atoms with van der Waals surface area (Å²) < 4.78 is 12.8. The van der Waals surface area contributed by atoms with Gasteiger partial charge in [-0.2, -0.15) is 0 Å². The van der Waals surface area contributed by atoms with E-state index in [0.29, 0.717) is 6.10 Å². The highest BCUT2D eigenvalue weighted by molar-refractivity contribution is 14.1. The highest BCUT2D eigenvalue weighted by Crippen LogP contribution is 2.31. The quantitative estimate of drug-likeness (QED) is 0.589. The average Bonchev–Trinajstić information content (AvgIpc) is 2.67. The molecule has 2 aliphatic rings. The lowest BCUT2D eigenvalue weighted by Crippen LogP contribution is -2.26. The van der Waals surface area contributed by atoms with Crippen LogP contribution in [0.2, 0.25) is 0 Å². The number of halogens is 1. The van der Waals surface area contributed by atoms with Gasteiger partial charge in [0, 0.05) is 11.0 Å². The molecule has 2 nitrogen and oxygen atoms in total. The molecule has 0 amide bonds. The fourth-order valence-corrected chi connectivity index (χ4v) is 3.13. The Balaban J connectivity index is 1.69. The molecular weight excluding hydrogens is 291 g/mol. The molecule has 3 heteroatoms. The Morgan fingerprint density at radius 1 is 1.21 bits per heavy atom. The summed E-state index contributed by atoms with van der Waals surface area (Å²) in [5.74, 6) is 0.893. The van der Waals surface area contributed by atoms with E-state index in [1.807, 2.05) is 0 Å². The summed E-state index contributed by atoms with van der Waals surface area (Å²) in [5.41, 5.74) is 0. The Hall–Kier alpha value is 0.650. The zero-order valence-corrected chi connectivity index (χ0v) is 10.7. The second kappa shape index (κ2) is 5.66. The smallest absolute Gasteiger partial charge is 0.157 e. The summed E-state index contributed by atoms with van der Waals surface area (Å²) in [6.07, 6.45) is 8.02. The van der Waals surface area contributed by atoms with Crippen molar-refractivity contribution in [2.75, 3.05) is 11.0 Å². The van der Waals surface area contributed by atoms with Gasteiger partial charge >= 0.3 is 0 Å². The van der Waals surface area contributed by atoms with Gasteiger partial charge < -0.3 is 9.47 Å². The van der Waals surface area contributed by atoms with Gasteiger partial charge in [0.2, 0.25) is 0 Å². The van der Waals surface area contributed by atoms with Crippen LogP contribution in [-0.4, -0.2) is 23.4 Å². The van der Waals surface area contributed by atoms with E-state index in [-0.39, 0.29) is 6.29 Å². The molecule has 0 radical (unpaired) electrons. The van der Waals surface area contributed by atoms with Gasteiger partial charge in [-0.3, -0.25) is 0 Å². The van der Waals surface area contributed by atoms with Gasteiger partial charge in [0.05, 0.1) is 6.10 Å². The summed E-state index contributed by atoms with van der Waals surface area (Å²) in [7, 11) is 0. The van der Waals surface area contributed by atoms with Crippen LogP contribution in [0.3, 0.4) is 0 Å². The molecule has 1 heterocycles. The molecule has 3 atom stereocenters. The van der Waals surface area contributed by atoms with E-state index in [2.05, 4.69) is 22.6 Å². The summed E-state index contributed by atoms with van der Waals surface area (Å²) in [6.45, 7) is 0.896. The summed E-state index contributed by atoms with van der Waals surface area (Å²) in [4.78, 5) is 0. The predicted octanol–water partition coefficient (Wildman–Crippen LogP) is 3.13. The fourth-order valence-electron chi connectivity index (χ4n) is 2.33. The van der Waals surface area contributed by atoms with Crippen molar-refractivity contribution in [3.8, 4) is 0 Å². The molecule has 0 aromatic heterocycles. The standard InChI is InChI=1S/C11H19IO2/c12-8-9-4-5-10(7-9)14-11-3-1-2-6-13-11/h9-11H,1-8H2. The van der Waals surface area contributed by atoms with Crippen molar-refractivity contribution < 1.29 is 9.47 Å². The first-order chi connectivity index (χ1) is 6.88. The van der Waals surface area contributed by atoms with E-state index in [0.717, 1.165) is 18.9 Å². The molecule has 1 aliphatic carbocycles. The van der Waals surface area contributed by atoms with Crippen LogP contribution in [0.1, 0.15) is 38.5 Å². The van der Waals surface area contributed by atoms with Crippen LogP contribution in [-0.2, 0) is 9.47 Å². The van der Waals surface area contributed by atoms with Gasteiger partial charge in [-0.1, -0.05) is 22.6 Å². The SMILES string of the molecule is ICC1CCC(OC2CCCCO2)C1. The van der Waals surface area contributed by atoms with Gasteiger partial charge in [0.15, 0.2) is 6.29 Å². The Morgan fingerprint density at radius 3 is 2.79 bits per heavy atom. The minimum Gasteiger partial charge on any atom is -0.353 e. The number of ether oxygens (including phenoxy) is 2. The molecule has 0 spiro atoms. The van der Waals surface area contributed by atoms with E-state index >= 15 is 0 Å². The predicted molar refractivity (Wildman–Crippen MR) is 64.7 cm³/mol. The van der Waals surface area contributed by atoms with Crippen LogP contribution >= 0.6 is 22.6 Å². The molecule has 82 valence electrons. The van der Waals surface area contributed by atoms with Crippen LogP contribution in [0.25, 0.3) is 0 Å². The molecule has 14 heavy (non-hydrogen) atoms. The fraction of sp³-hybridized carbons (Fsp3) is 1.00. The molecule has 0 N–H and O–H groups in total. The van der Waals surface area contributed by atoms with Gasteiger partial charge in [-0.25, -0.2) is 0 Å². The Labute approximate surface area is 99.9 Å². The van der Waals surface area contributed by atoms with Crippen molar-refractivity contribution >= 4 is 22.6 Å². The monoisotopic (exact) mass is 310 g/mol. The van der Waals surface area contributed by atoms with Crippen molar-refractivity contribution in [1.29, 1.82) is 0 Å². The van der Waals surface area contributed by atoms with Crippen molar-refractivity contribution in [2.45, 2.75) is 50.9 Å². The van der Waals surface area contributed by atoms with Gasteiger partial charge in [-0.05, 0) is 44.4 Å². The second-order valence-electron chi connectivity index (χ2n) is 4.39. The summed E-state index contributed by atoms with van der Waals surface area (Å²) in [5, 5.41) is 0. The zero-order valence-electron chi connectivity index (χ0n) is 8.58. The van der Waals surface area contributed by atoms with Crippen molar-refractivity contribution in [1.82, 2.24) is 0 Å². The van der Waals surface area contributed by atoms with Crippen LogP contribution in [0.5, 0.6) is 0 Å². The van der Waals surface area contributed by atoms with E-state index in [1.54, 1.807) is 0 Å². The van der Waals surface area contributed by atoms with Crippen molar-refractivity contribution in [2.24, 2.45) is 5.92 Å². The summed E-state index contributed by atoms with van der Waals surface area (Å²) in [6, 6.07) is 0. The Morgan fingerprint density at radius 2 is 2.14 bits per heavy atom. The zero-order chi connectivity index (χ0) is 9.80. The molecule has 0 bridgehead atoms. The first-order valence-corrected chi connectivity index (χ1v) is 7.24. The molecule has 0 aromatic rings. The number of hydrogen-bond acceptors (Lipinski definition) is 2. The maximum Gasteiger partial charge on any atom is 0.157 e. The number of hydrogen-bond donors (Lipinski definition) is 0. The first kappa shape index (κ1) is 11.1. The Bertz CT molecular complexity index is 169. The minimum atomic E-state index is 0.113. The molecule has 1 aliphatic heterocycles. The largest absolute Gasteiger partial charge is 0.353 e. The molecule has 2 fully saturated rings. The van der Waals surface area contributed by atoms with Crippen LogP contribution in [0, 0.1) is 5.92 Å². The lowest BCUT2D eigenvalue weighted by molar-refractivity contribution is -0.186. The van der Waals surface area contributed by atoms with Gasteiger partial charge in [-0.15, -0.1) is 0 Å². The number of alkyl halides is 1. The first-order valence-electron chi connectivity index (χ1n) is 5.71. The maximum atomic E-state index is 5.96. The molecule has 2 rings (SSSR count). The second-order valence-corrected chi connectivity index (χ2v) is 5.27. The lowest BCUT2D eigenvalue weighted by atomic mass is 10.1. The van der Waals surface area contributed by atoms with Gasteiger partial charge in [0.25, 0.3) is 0 Å². The third-order valence-corrected chi connectivity index (χ3v) is 4.44. The highest BCUT2D eigenvalue weighted by atomic mass is 127. The lowest BCUT2D eigenvalue weighted by Gasteiger charge is -2.25. The highest BCUT2D eigenvalue weighted by Gasteiger charge is 2.27. The van der Waals surface area contributed by atoms with Gasteiger partial charge in [0.1, 0.15) is 0 Å². The van der Waals surface area contributed by atoms with Crippen LogP contribution in [0.15, 0.2) is 0 Å².